The highest BCUT2D eigenvalue weighted by Crippen LogP contribution is 2.24. The molecule has 0 heterocycles. The third kappa shape index (κ3) is 5.40. The molecular weight excluding hydrogens is 415 g/mol. The van der Waals surface area contributed by atoms with E-state index in [1.165, 1.54) is 26.3 Å². The molecule has 0 aliphatic heterocycles. The first-order valence-electron chi connectivity index (χ1n) is 7.07. The minimum Gasteiger partial charge on any atom is -0.370 e. The molecule has 22 heavy (non-hydrogen) atoms. The van der Waals surface area contributed by atoms with Crippen LogP contribution in [0.1, 0.15) is 24.8 Å². The summed E-state index contributed by atoms with van der Waals surface area (Å²) in [7, 11) is -1.99. The maximum Gasteiger partial charge on any atom is 0.240 e. The lowest BCUT2D eigenvalue weighted by Gasteiger charge is -2.25. The van der Waals surface area contributed by atoms with Crippen LogP contribution in [-0.2, 0) is 16.6 Å². The standard InChI is InChI=1S/C14H22N4O2S.HI/c1-16-21(19,20)13-7-5-12(6-8-13)10-18-14(15)17-9-11-3-2-4-11;/h5-8,11,16H,2-4,9-10H2,1H3,(H3,15,17,18);1H. The Bertz CT molecular complexity index is 598. The van der Waals surface area contributed by atoms with Crippen LogP contribution in [0, 0.1) is 5.92 Å². The quantitative estimate of drug-likeness (QED) is 0.356. The van der Waals surface area contributed by atoms with Crippen molar-refractivity contribution in [3.05, 3.63) is 29.8 Å². The third-order valence-corrected chi connectivity index (χ3v) is 5.16. The number of guanidine groups is 1. The molecule has 1 aliphatic rings. The van der Waals surface area contributed by atoms with Crippen LogP contribution in [0.2, 0.25) is 0 Å². The van der Waals surface area contributed by atoms with Gasteiger partial charge in [0.25, 0.3) is 0 Å². The number of nitrogens with one attached hydrogen (secondary N) is 2. The first-order valence-corrected chi connectivity index (χ1v) is 8.56. The van der Waals surface area contributed by atoms with Crippen LogP contribution in [0.15, 0.2) is 34.2 Å². The van der Waals surface area contributed by atoms with E-state index in [9.17, 15) is 8.42 Å². The second-order valence-electron chi connectivity index (χ2n) is 5.23. The number of rotatable bonds is 6. The summed E-state index contributed by atoms with van der Waals surface area (Å²) in [6.45, 7) is 1.32. The molecule has 2 rings (SSSR count). The lowest BCUT2D eigenvalue weighted by Crippen LogP contribution is -2.37. The summed E-state index contributed by atoms with van der Waals surface area (Å²) < 4.78 is 25.5. The number of benzene rings is 1. The minimum absolute atomic E-state index is 0. The number of aliphatic imine (C=N–C) groups is 1. The summed E-state index contributed by atoms with van der Waals surface area (Å²) in [5.41, 5.74) is 6.72. The zero-order valence-electron chi connectivity index (χ0n) is 12.6. The molecule has 4 N–H and O–H groups in total. The molecule has 1 aromatic carbocycles. The molecule has 0 saturated heterocycles. The molecule has 1 fully saturated rings. The summed E-state index contributed by atoms with van der Waals surface area (Å²) in [4.78, 5) is 4.50. The number of sulfonamides is 1. The van der Waals surface area contributed by atoms with Gasteiger partial charge in [-0.3, -0.25) is 0 Å². The Hall–Kier alpha value is -0.870. The second-order valence-corrected chi connectivity index (χ2v) is 7.12. The summed E-state index contributed by atoms with van der Waals surface area (Å²) in [5.74, 6) is 1.17. The van der Waals surface area contributed by atoms with Gasteiger partial charge in [-0.15, -0.1) is 24.0 Å². The van der Waals surface area contributed by atoms with E-state index in [-0.39, 0.29) is 28.9 Å². The number of nitrogens with two attached hydrogens (primary N) is 1. The smallest absolute Gasteiger partial charge is 0.240 e. The van der Waals surface area contributed by atoms with Crippen molar-refractivity contribution < 1.29 is 8.42 Å². The largest absolute Gasteiger partial charge is 0.370 e. The van der Waals surface area contributed by atoms with Crippen molar-refractivity contribution in [3.8, 4) is 0 Å². The molecule has 1 aromatic rings. The molecular formula is C14H23IN4O2S. The van der Waals surface area contributed by atoms with Gasteiger partial charge in [0.1, 0.15) is 0 Å². The zero-order chi connectivity index (χ0) is 15.3. The van der Waals surface area contributed by atoms with E-state index < -0.39 is 10.0 Å². The molecule has 0 atom stereocenters. The van der Waals surface area contributed by atoms with E-state index >= 15 is 0 Å². The maximum absolute atomic E-state index is 11.6. The van der Waals surface area contributed by atoms with Crippen LogP contribution in [0.25, 0.3) is 0 Å². The number of hydrogen-bond donors (Lipinski definition) is 3. The van der Waals surface area contributed by atoms with Crippen molar-refractivity contribution in [1.29, 1.82) is 0 Å². The highest BCUT2D eigenvalue weighted by molar-refractivity contribution is 14.0. The fourth-order valence-electron chi connectivity index (χ4n) is 2.07. The van der Waals surface area contributed by atoms with Gasteiger partial charge in [0.15, 0.2) is 5.96 Å². The van der Waals surface area contributed by atoms with Crippen molar-refractivity contribution in [3.63, 3.8) is 0 Å². The van der Waals surface area contributed by atoms with E-state index in [1.807, 2.05) is 0 Å². The molecule has 0 spiro atoms. The number of halogens is 1. The Morgan fingerprint density at radius 3 is 2.45 bits per heavy atom. The van der Waals surface area contributed by atoms with E-state index in [1.54, 1.807) is 24.3 Å². The van der Waals surface area contributed by atoms with Crippen molar-refractivity contribution in [2.24, 2.45) is 16.6 Å². The Morgan fingerprint density at radius 1 is 1.32 bits per heavy atom. The topological polar surface area (TPSA) is 96.6 Å². The summed E-state index contributed by atoms with van der Waals surface area (Å²) in [6.07, 6.45) is 3.84. The van der Waals surface area contributed by atoms with Crippen LogP contribution in [0.3, 0.4) is 0 Å². The normalized spacial score (nSPS) is 15.8. The molecule has 0 bridgehead atoms. The molecule has 0 unspecified atom stereocenters. The van der Waals surface area contributed by atoms with Gasteiger partial charge in [-0.05, 0) is 43.5 Å². The molecule has 8 heteroatoms. The van der Waals surface area contributed by atoms with Gasteiger partial charge >= 0.3 is 0 Å². The molecule has 1 saturated carbocycles. The van der Waals surface area contributed by atoms with Gasteiger partial charge in [0.05, 0.1) is 11.4 Å². The van der Waals surface area contributed by atoms with E-state index in [4.69, 9.17) is 5.73 Å². The summed E-state index contributed by atoms with van der Waals surface area (Å²) >= 11 is 0. The Morgan fingerprint density at radius 2 is 1.95 bits per heavy atom. The number of hydrogen-bond acceptors (Lipinski definition) is 3. The highest BCUT2D eigenvalue weighted by Gasteiger charge is 2.16. The lowest BCUT2D eigenvalue weighted by atomic mass is 9.85. The Balaban J connectivity index is 0.00000242. The number of nitrogens with zero attached hydrogens (tertiary/aromatic N) is 1. The van der Waals surface area contributed by atoms with E-state index in [2.05, 4.69) is 15.0 Å². The van der Waals surface area contributed by atoms with Crippen molar-refractivity contribution in [2.45, 2.75) is 30.7 Å². The highest BCUT2D eigenvalue weighted by atomic mass is 127. The molecule has 0 amide bonds. The average Bonchev–Trinajstić information content (AvgIpc) is 2.44. The van der Waals surface area contributed by atoms with Gasteiger partial charge in [0, 0.05) is 6.54 Å². The third-order valence-electron chi connectivity index (χ3n) is 3.73. The maximum atomic E-state index is 11.6. The van der Waals surface area contributed by atoms with Gasteiger partial charge in [-0.25, -0.2) is 18.1 Å². The van der Waals surface area contributed by atoms with Crippen LogP contribution >= 0.6 is 24.0 Å². The van der Waals surface area contributed by atoms with Gasteiger partial charge < -0.3 is 11.1 Å². The lowest BCUT2D eigenvalue weighted by molar-refractivity contribution is 0.315. The van der Waals surface area contributed by atoms with Crippen molar-refractivity contribution in [1.82, 2.24) is 10.0 Å². The van der Waals surface area contributed by atoms with E-state index in [0.29, 0.717) is 12.5 Å². The summed E-state index contributed by atoms with van der Waals surface area (Å²) in [6, 6.07) is 6.61. The fraction of sp³-hybridized carbons (Fsp3) is 0.500. The van der Waals surface area contributed by atoms with Gasteiger partial charge in [0.2, 0.25) is 10.0 Å². The predicted molar refractivity (Wildman–Crippen MR) is 98.8 cm³/mol. The average molecular weight is 438 g/mol. The Labute approximate surface area is 149 Å². The minimum atomic E-state index is -3.38. The Kier molecular flexibility index (Phi) is 7.57. The van der Waals surface area contributed by atoms with Crippen LogP contribution in [0.5, 0.6) is 0 Å². The molecule has 1 aliphatic carbocycles. The van der Waals surface area contributed by atoms with Crippen LogP contribution in [-0.4, -0.2) is 28.0 Å². The fourth-order valence-corrected chi connectivity index (χ4v) is 2.80. The van der Waals surface area contributed by atoms with Crippen LogP contribution in [0.4, 0.5) is 0 Å². The van der Waals surface area contributed by atoms with Crippen molar-refractivity contribution >= 4 is 40.0 Å². The van der Waals surface area contributed by atoms with E-state index in [0.717, 1.165) is 18.0 Å². The first kappa shape index (κ1) is 19.2. The SMILES string of the molecule is CNS(=O)(=O)c1ccc(CN=C(N)NCC2CCC2)cc1.I. The molecule has 6 nitrogen and oxygen atoms in total. The molecule has 0 radical (unpaired) electrons. The predicted octanol–water partition coefficient (Wildman–Crippen LogP) is 1.42. The monoisotopic (exact) mass is 438 g/mol. The first-order chi connectivity index (χ1) is 10.0. The molecule has 0 aromatic heterocycles. The molecule has 124 valence electrons. The summed E-state index contributed by atoms with van der Waals surface area (Å²) in [5, 5.41) is 3.12. The second kappa shape index (κ2) is 8.68. The van der Waals surface area contributed by atoms with Crippen LogP contribution < -0.4 is 15.8 Å². The van der Waals surface area contributed by atoms with Gasteiger partial charge in [-0.2, -0.15) is 0 Å². The van der Waals surface area contributed by atoms with Gasteiger partial charge in [-0.1, -0.05) is 18.6 Å². The van der Waals surface area contributed by atoms with Crippen molar-refractivity contribution in [2.75, 3.05) is 13.6 Å². The zero-order valence-corrected chi connectivity index (χ0v) is 15.7.